The number of likely N-dealkylation sites (tertiary alicyclic amines) is 1. The SMILES string of the molecule is CCNC(=NCC(c1ccco1)N1CCCC1)NCCc1ccc(OC)cc1.I. The average molecular weight is 512 g/mol. The number of aliphatic imine (C=N–C) groups is 1. The van der Waals surface area contributed by atoms with Crippen LogP contribution in [0.25, 0.3) is 0 Å². The lowest BCUT2D eigenvalue weighted by molar-refractivity contribution is 0.221. The molecule has 0 amide bonds. The smallest absolute Gasteiger partial charge is 0.191 e. The highest BCUT2D eigenvalue weighted by molar-refractivity contribution is 14.0. The monoisotopic (exact) mass is 512 g/mol. The number of furan rings is 1. The second kappa shape index (κ2) is 12.7. The molecule has 29 heavy (non-hydrogen) atoms. The van der Waals surface area contributed by atoms with Crippen molar-refractivity contribution in [1.29, 1.82) is 0 Å². The molecule has 1 aliphatic heterocycles. The molecule has 1 aliphatic rings. The van der Waals surface area contributed by atoms with Crippen molar-refractivity contribution in [2.24, 2.45) is 4.99 Å². The van der Waals surface area contributed by atoms with E-state index in [1.54, 1.807) is 13.4 Å². The molecule has 1 saturated heterocycles. The molecule has 2 aromatic rings. The first-order valence-corrected chi connectivity index (χ1v) is 10.2. The molecule has 1 unspecified atom stereocenters. The highest BCUT2D eigenvalue weighted by Gasteiger charge is 2.25. The minimum atomic E-state index is 0. The molecule has 7 heteroatoms. The van der Waals surface area contributed by atoms with Gasteiger partial charge in [0.05, 0.1) is 26.0 Å². The summed E-state index contributed by atoms with van der Waals surface area (Å²) in [7, 11) is 1.69. The molecule has 3 rings (SSSR count). The Kier molecular flexibility index (Phi) is 10.3. The Morgan fingerprint density at radius 1 is 1.17 bits per heavy atom. The summed E-state index contributed by atoms with van der Waals surface area (Å²) in [6, 6.07) is 12.4. The van der Waals surface area contributed by atoms with E-state index >= 15 is 0 Å². The maximum atomic E-state index is 5.70. The fourth-order valence-electron chi connectivity index (χ4n) is 3.56. The van der Waals surface area contributed by atoms with Crippen molar-refractivity contribution in [1.82, 2.24) is 15.5 Å². The molecule has 2 N–H and O–H groups in total. The topological polar surface area (TPSA) is 62.0 Å². The molecular formula is C22H33IN4O2. The number of methoxy groups -OCH3 is 1. The summed E-state index contributed by atoms with van der Waals surface area (Å²) in [5.74, 6) is 2.74. The van der Waals surface area contributed by atoms with Crippen molar-refractivity contribution in [3.63, 3.8) is 0 Å². The molecule has 6 nitrogen and oxygen atoms in total. The molecule has 0 spiro atoms. The van der Waals surface area contributed by atoms with Crippen LogP contribution in [0.3, 0.4) is 0 Å². The molecule has 0 saturated carbocycles. The van der Waals surface area contributed by atoms with Crippen LogP contribution in [0.1, 0.15) is 37.1 Å². The van der Waals surface area contributed by atoms with Crippen LogP contribution in [0.15, 0.2) is 52.1 Å². The summed E-state index contributed by atoms with van der Waals surface area (Å²) in [4.78, 5) is 7.32. The zero-order valence-corrected chi connectivity index (χ0v) is 19.7. The Hall–Kier alpha value is -1.74. The normalized spacial score (nSPS) is 15.6. The van der Waals surface area contributed by atoms with Gasteiger partial charge in [-0.25, -0.2) is 0 Å². The Balaban J connectivity index is 0.00000300. The van der Waals surface area contributed by atoms with E-state index in [1.807, 2.05) is 18.2 Å². The summed E-state index contributed by atoms with van der Waals surface area (Å²) in [5, 5.41) is 6.80. The van der Waals surface area contributed by atoms with E-state index in [4.69, 9.17) is 14.1 Å². The Labute approximate surface area is 191 Å². The second-order valence-electron chi connectivity index (χ2n) is 7.02. The molecule has 1 fully saturated rings. The highest BCUT2D eigenvalue weighted by atomic mass is 127. The number of ether oxygens (including phenoxy) is 1. The third-order valence-corrected chi connectivity index (χ3v) is 5.08. The van der Waals surface area contributed by atoms with E-state index in [1.165, 1.54) is 18.4 Å². The zero-order valence-electron chi connectivity index (χ0n) is 17.4. The molecule has 0 radical (unpaired) electrons. The first kappa shape index (κ1) is 23.5. The molecule has 160 valence electrons. The van der Waals surface area contributed by atoms with Gasteiger partial charge in [-0.1, -0.05) is 12.1 Å². The maximum absolute atomic E-state index is 5.70. The minimum absolute atomic E-state index is 0. The second-order valence-corrected chi connectivity index (χ2v) is 7.02. The van der Waals surface area contributed by atoms with Gasteiger partial charge in [-0.3, -0.25) is 9.89 Å². The van der Waals surface area contributed by atoms with Crippen molar-refractivity contribution in [3.8, 4) is 5.75 Å². The zero-order chi connectivity index (χ0) is 19.6. The summed E-state index contributed by atoms with van der Waals surface area (Å²) in [5.41, 5.74) is 1.27. The molecule has 1 aromatic carbocycles. The first-order chi connectivity index (χ1) is 13.8. The van der Waals surface area contributed by atoms with E-state index in [0.29, 0.717) is 6.54 Å². The molecule has 0 aliphatic carbocycles. The minimum Gasteiger partial charge on any atom is -0.497 e. The van der Waals surface area contributed by atoms with E-state index in [9.17, 15) is 0 Å². The van der Waals surface area contributed by atoms with Crippen LogP contribution in [-0.4, -0.2) is 50.7 Å². The fourth-order valence-corrected chi connectivity index (χ4v) is 3.56. The predicted molar refractivity (Wildman–Crippen MR) is 128 cm³/mol. The lowest BCUT2D eigenvalue weighted by Gasteiger charge is -2.24. The van der Waals surface area contributed by atoms with Gasteiger partial charge in [0, 0.05) is 13.1 Å². The fraction of sp³-hybridized carbons (Fsp3) is 0.500. The number of hydrogen-bond donors (Lipinski definition) is 2. The van der Waals surface area contributed by atoms with E-state index in [-0.39, 0.29) is 30.0 Å². The average Bonchev–Trinajstić information content (AvgIpc) is 3.43. The van der Waals surface area contributed by atoms with Crippen LogP contribution in [0.5, 0.6) is 5.75 Å². The van der Waals surface area contributed by atoms with Crippen LogP contribution in [-0.2, 0) is 6.42 Å². The highest BCUT2D eigenvalue weighted by Crippen LogP contribution is 2.25. The van der Waals surface area contributed by atoms with Crippen molar-refractivity contribution in [3.05, 3.63) is 54.0 Å². The number of rotatable bonds is 9. The summed E-state index contributed by atoms with van der Waals surface area (Å²) < 4.78 is 10.9. The van der Waals surface area contributed by atoms with Crippen molar-refractivity contribution >= 4 is 29.9 Å². The van der Waals surface area contributed by atoms with Gasteiger partial charge in [0.25, 0.3) is 0 Å². The van der Waals surface area contributed by atoms with Gasteiger partial charge >= 0.3 is 0 Å². The van der Waals surface area contributed by atoms with Crippen molar-refractivity contribution in [2.45, 2.75) is 32.2 Å². The molecular weight excluding hydrogens is 479 g/mol. The number of nitrogens with zero attached hydrogens (tertiary/aromatic N) is 2. The maximum Gasteiger partial charge on any atom is 0.191 e. The number of guanidine groups is 1. The molecule has 2 heterocycles. The first-order valence-electron chi connectivity index (χ1n) is 10.2. The van der Waals surface area contributed by atoms with Crippen LogP contribution in [0, 0.1) is 0 Å². The standard InChI is InChI=1S/C22H32N4O2.HI/c1-3-23-22(24-13-12-18-8-10-19(27-2)11-9-18)25-17-20(21-7-6-16-28-21)26-14-4-5-15-26;/h6-11,16,20H,3-5,12-15,17H2,1-2H3,(H2,23,24,25);1H. The Morgan fingerprint density at radius 3 is 2.55 bits per heavy atom. The Morgan fingerprint density at radius 2 is 1.93 bits per heavy atom. The van der Waals surface area contributed by atoms with Crippen LogP contribution >= 0.6 is 24.0 Å². The van der Waals surface area contributed by atoms with Crippen molar-refractivity contribution in [2.75, 3.05) is 39.8 Å². The van der Waals surface area contributed by atoms with Gasteiger partial charge in [0.2, 0.25) is 0 Å². The summed E-state index contributed by atoms with van der Waals surface area (Å²) >= 11 is 0. The van der Waals surface area contributed by atoms with E-state index < -0.39 is 0 Å². The van der Waals surface area contributed by atoms with Crippen LogP contribution < -0.4 is 15.4 Å². The lowest BCUT2D eigenvalue weighted by Crippen LogP contribution is -2.39. The van der Waals surface area contributed by atoms with Crippen LogP contribution in [0.4, 0.5) is 0 Å². The van der Waals surface area contributed by atoms with E-state index in [2.05, 4.69) is 40.7 Å². The molecule has 1 atom stereocenters. The number of benzene rings is 1. The van der Waals surface area contributed by atoms with Gasteiger partial charge in [-0.05, 0) is 69.1 Å². The summed E-state index contributed by atoms with van der Waals surface area (Å²) in [6.07, 6.45) is 5.19. The number of hydrogen-bond acceptors (Lipinski definition) is 4. The Bertz CT molecular complexity index is 713. The lowest BCUT2D eigenvalue weighted by atomic mass is 10.1. The largest absolute Gasteiger partial charge is 0.497 e. The van der Waals surface area contributed by atoms with Gasteiger partial charge in [-0.15, -0.1) is 24.0 Å². The third-order valence-electron chi connectivity index (χ3n) is 5.08. The van der Waals surface area contributed by atoms with Gasteiger partial charge in [0.1, 0.15) is 11.5 Å². The van der Waals surface area contributed by atoms with Crippen molar-refractivity contribution < 1.29 is 9.15 Å². The van der Waals surface area contributed by atoms with Gasteiger partial charge < -0.3 is 19.8 Å². The van der Waals surface area contributed by atoms with E-state index in [0.717, 1.165) is 50.1 Å². The predicted octanol–water partition coefficient (Wildman–Crippen LogP) is 3.84. The number of nitrogens with one attached hydrogen (secondary N) is 2. The third kappa shape index (κ3) is 7.22. The van der Waals surface area contributed by atoms with Gasteiger partial charge in [0.15, 0.2) is 5.96 Å². The van der Waals surface area contributed by atoms with Crippen LogP contribution in [0.2, 0.25) is 0 Å². The molecule has 1 aromatic heterocycles. The van der Waals surface area contributed by atoms with Gasteiger partial charge in [-0.2, -0.15) is 0 Å². The molecule has 0 bridgehead atoms. The quantitative estimate of drug-likeness (QED) is 0.304. The summed E-state index contributed by atoms with van der Waals surface area (Å²) in [6.45, 7) is 6.66. The number of halogens is 1.